The summed E-state index contributed by atoms with van der Waals surface area (Å²) in [6, 6.07) is 8.18. The van der Waals surface area contributed by atoms with Crippen LogP contribution in [0.15, 0.2) is 42.9 Å². The summed E-state index contributed by atoms with van der Waals surface area (Å²) in [5.41, 5.74) is 1.13. The first-order valence-corrected chi connectivity index (χ1v) is 7.78. The van der Waals surface area contributed by atoms with Crippen LogP contribution in [0.1, 0.15) is 11.6 Å². The Morgan fingerprint density at radius 3 is 2.77 bits per heavy atom. The molecule has 1 unspecified atom stereocenters. The van der Waals surface area contributed by atoms with Crippen LogP contribution in [0.5, 0.6) is 0 Å². The average molecular weight is 319 g/mol. The lowest BCUT2D eigenvalue weighted by Crippen LogP contribution is -2.41. The van der Waals surface area contributed by atoms with Crippen molar-refractivity contribution in [1.29, 1.82) is 0 Å². The van der Waals surface area contributed by atoms with Gasteiger partial charge in [0.15, 0.2) is 0 Å². The number of anilines is 1. The smallest absolute Gasteiger partial charge is 0.144 e. The molecule has 1 atom stereocenters. The maximum Gasteiger partial charge on any atom is 0.144 e. The standard InChI is InChI=1S/C16H19ClN4O/c17-14-4-2-1-3-13(14)15(21-7-9-22-10-8-21)11-20-16-12-18-5-6-19-16/h1-6,12,15H,7-11H2,(H,19,20). The molecule has 22 heavy (non-hydrogen) atoms. The van der Waals surface area contributed by atoms with Crippen LogP contribution in [-0.4, -0.2) is 47.7 Å². The van der Waals surface area contributed by atoms with Crippen LogP contribution in [0.2, 0.25) is 5.02 Å². The van der Waals surface area contributed by atoms with Gasteiger partial charge in [-0.2, -0.15) is 0 Å². The molecule has 1 aliphatic rings. The quantitative estimate of drug-likeness (QED) is 0.918. The maximum atomic E-state index is 6.41. The molecule has 0 aliphatic carbocycles. The van der Waals surface area contributed by atoms with E-state index < -0.39 is 0 Å². The van der Waals surface area contributed by atoms with E-state index in [1.54, 1.807) is 18.6 Å². The zero-order valence-electron chi connectivity index (χ0n) is 12.3. The van der Waals surface area contributed by atoms with Gasteiger partial charge in [0.25, 0.3) is 0 Å². The molecule has 1 fully saturated rings. The number of benzene rings is 1. The van der Waals surface area contributed by atoms with Gasteiger partial charge in [-0.1, -0.05) is 29.8 Å². The number of morpholine rings is 1. The monoisotopic (exact) mass is 318 g/mol. The highest BCUT2D eigenvalue weighted by molar-refractivity contribution is 6.31. The summed E-state index contributed by atoms with van der Waals surface area (Å²) in [7, 11) is 0. The summed E-state index contributed by atoms with van der Waals surface area (Å²) in [6.07, 6.45) is 5.07. The van der Waals surface area contributed by atoms with Crippen LogP contribution in [0, 0.1) is 0 Å². The Morgan fingerprint density at radius 2 is 2.05 bits per heavy atom. The summed E-state index contributed by atoms with van der Waals surface area (Å²) in [5.74, 6) is 0.771. The van der Waals surface area contributed by atoms with Crippen molar-refractivity contribution in [1.82, 2.24) is 14.9 Å². The molecule has 2 aromatic rings. The molecule has 6 heteroatoms. The number of rotatable bonds is 5. The van der Waals surface area contributed by atoms with Crippen LogP contribution in [0.4, 0.5) is 5.82 Å². The first-order valence-electron chi connectivity index (χ1n) is 7.41. The first kappa shape index (κ1) is 15.2. The second-order valence-corrected chi connectivity index (χ2v) is 5.56. The third-order valence-electron chi connectivity index (χ3n) is 3.79. The topological polar surface area (TPSA) is 50.3 Å². The van der Waals surface area contributed by atoms with Crippen LogP contribution < -0.4 is 5.32 Å². The predicted octanol–water partition coefficient (Wildman–Crippen LogP) is 2.62. The molecule has 5 nitrogen and oxygen atoms in total. The third-order valence-corrected chi connectivity index (χ3v) is 4.13. The number of nitrogens with one attached hydrogen (secondary N) is 1. The lowest BCUT2D eigenvalue weighted by atomic mass is 10.0. The SMILES string of the molecule is Clc1ccccc1C(CNc1cnccn1)N1CCOCC1. The van der Waals surface area contributed by atoms with E-state index in [9.17, 15) is 0 Å². The van der Waals surface area contributed by atoms with Crippen molar-refractivity contribution < 1.29 is 4.74 Å². The summed E-state index contributed by atoms with van der Waals surface area (Å²) < 4.78 is 5.46. The van der Waals surface area contributed by atoms with Crippen molar-refractivity contribution in [3.8, 4) is 0 Å². The van der Waals surface area contributed by atoms with Gasteiger partial charge in [-0.3, -0.25) is 9.88 Å². The molecule has 1 saturated heterocycles. The number of ether oxygens (including phenoxy) is 1. The van der Waals surface area contributed by atoms with Crippen molar-refractivity contribution in [2.45, 2.75) is 6.04 Å². The van der Waals surface area contributed by atoms with Gasteiger partial charge in [-0.25, -0.2) is 4.98 Å². The van der Waals surface area contributed by atoms with Crippen molar-refractivity contribution in [3.05, 3.63) is 53.4 Å². The summed E-state index contributed by atoms with van der Waals surface area (Å²) >= 11 is 6.41. The van der Waals surface area contributed by atoms with Crippen LogP contribution >= 0.6 is 11.6 Å². The summed E-state index contributed by atoms with van der Waals surface area (Å²) in [5, 5.41) is 4.14. The van der Waals surface area contributed by atoms with Crippen molar-refractivity contribution in [2.24, 2.45) is 0 Å². The molecule has 1 aromatic carbocycles. The molecule has 0 radical (unpaired) electrons. The van der Waals surface area contributed by atoms with Gasteiger partial charge in [-0.15, -0.1) is 0 Å². The largest absolute Gasteiger partial charge is 0.379 e. The lowest BCUT2D eigenvalue weighted by Gasteiger charge is -2.35. The normalized spacial score (nSPS) is 17.1. The average Bonchev–Trinajstić information content (AvgIpc) is 2.58. The van der Waals surface area contributed by atoms with Crippen LogP contribution in [0.25, 0.3) is 0 Å². The number of nitrogens with zero attached hydrogens (tertiary/aromatic N) is 3. The third kappa shape index (κ3) is 3.74. The molecular weight excluding hydrogens is 300 g/mol. The summed E-state index contributed by atoms with van der Waals surface area (Å²) in [6.45, 7) is 4.04. The summed E-state index contributed by atoms with van der Waals surface area (Å²) in [4.78, 5) is 10.7. The molecule has 0 saturated carbocycles. The zero-order valence-corrected chi connectivity index (χ0v) is 13.0. The second kappa shape index (κ2) is 7.54. The first-order chi connectivity index (χ1) is 10.8. The van der Waals surface area contributed by atoms with Crippen molar-refractivity contribution >= 4 is 17.4 Å². The molecule has 1 N–H and O–H groups in total. The second-order valence-electron chi connectivity index (χ2n) is 5.16. The number of aromatic nitrogens is 2. The Hall–Kier alpha value is -1.69. The Morgan fingerprint density at radius 1 is 1.23 bits per heavy atom. The molecule has 0 amide bonds. The molecular formula is C16H19ClN4O. The minimum Gasteiger partial charge on any atom is -0.379 e. The maximum absolute atomic E-state index is 6.41. The molecule has 116 valence electrons. The minimum atomic E-state index is 0.180. The molecule has 0 spiro atoms. The van der Waals surface area contributed by atoms with Crippen molar-refractivity contribution in [2.75, 3.05) is 38.2 Å². The van der Waals surface area contributed by atoms with E-state index in [-0.39, 0.29) is 6.04 Å². The fourth-order valence-electron chi connectivity index (χ4n) is 2.66. The predicted molar refractivity (Wildman–Crippen MR) is 87.1 cm³/mol. The Labute approximate surface area is 135 Å². The molecule has 1 aliphatic heterocycles. The van der Waals surface area contributed by atoms with E-state index >= 15 is 0 Å². The van der Waals surface area contributed by atoms with E-state index in [1.165, 1.54) is 0 Å². The van der Waals surface area contributed by atoms with Crippen molar-refractivity contribution in [3.63, 3.8) is 0 Å². The number of hydrogen-bond acceptors (Lipinski definition) is 5. The van der Waals surface area contributed by atoms with Gasteiger partial charge in [0.1, 0.15) is 5.82 Å². The molecule has 0 bridgehead atoms. The Kier molecular flexibility index (Phi) is 5.21. The zero-order chi connectivity index (χ0) is 15.2. The van der Waals surface area contributed by atoms with Crippen LogP contribution in [0.3, 0.4) is 0 Å². The Balaban J connectivity index is 1.78. The minimum absolute atomic E-state index is 0.180. The van der Waals surface area contributed by atoms with E-state index in [0.717, 1.165) is 49.3 Å². The van der Waals surface area contributed by atoms with Gasteiger partial charge in [0, 0.05) is 37.1 Å². The van der Waals surface area contributed by atoms with E-state index in [1.807, 2.05) is 18.2 Å². The van der Waals surface area contributed by atoms with Gasteiger partial charge in [0.05, 0.1) is 25.5 Å². The fraction of sp³-hybridized carbons (Fsp3) is 0.375. The molecule has 1 aromatic heterocycles. The highest BCUT2D eigenvalue weighted by Crippen LogP contribution is 2.28. The van der Waals surface area contributed by atoms with Gasteiger partial charge < -0.3 is 10.1 Å². The number of halogens is 1. The molecule has 3 rings (SSSR count). The highest BCUT2D eigenvalue weighted by Gasteiger charge is 2.24. The van der Waals surface area contributed by atoms with Crippen LogP contribution in [-0.2, 0) is 4.74 Å². The van der Waals surface area contributed by atoms with Gasteiger partial charge in [0.2, 0.25) is 0 Å². The Bertz CT molecular complexity index is 590. The van der Waals surface area contributed by atoms with E-state index in [2.05, 4.69) is 26.3 Å². The lowest BCUT2D eigenvalue weighted by molar-refractivity contribution is 0.0187. The molecule has 2 heterocycles. The number of hydrogen-bond donors (Lipinski definition) is 1. The van der Waals surface area contributed by atoms with E-state index in [4.69, 9.17) is 16.3 Å². The van der Waals surface area contributed by atoms with Gasteiger partial charge in [-0.05, 0) is 11.6 Å². The van der Waals surface area contributed by atoms with E-state index in [0.29, 0.717) is 0 Å². The highest BCUT2D eigenvalue weighted by atomic mass is 35.5. The fourth-order valence-corrected chi connectivity index (χ4v) is 2.92. The van der Waals surface area contributed by atoms with Gasteiger partial charge >= 0.3 is 0 Å².